The lowest BCUT2D eigenvalue weighted by atomic mass is 9.95. The van der Waals surface area contributed by atoms with E-state index in [2.05, 4.69) is 56.9 Å². The third-order valence-electron chi connectivity index (χ3n) is 3.59. The van der Waals surface area contributed by atoms with E-state index < -0.39 is 0 Å². The van der Waals surface area contributed by atoms with Crippen LogP contribution in [0.3, 0.4) is 0 Å². The Morgan fingerprint density at radius 1 is 0.952 bits per heavy atom. The Bertz CT molecular complexity index is 606. The third-order valence-corrected chi connectivity index (χ3v) is 4.62. The molecule has 0 spiro atoms. The number of thioether (sulfide) groups is 1. The second-order valence-electron chi connectivity index (χ2n) is 5.85. The van der Waals surface area contributed by atoms with Gasteiger partial charge in [-0.3, -0.25) is 0 Å². The molecule has 2 rings (SSSR count). The second kappa shape index (κ2) is 6.63. The largest absolute Gasteiger partial charge is 0.323 e. The number of benzene rings is 1. The van der Waals surface area contributed by atoms with Crippen LogP contribution in [0.2, 0.25) is 0 Å². The molecule has 0 amide bonds. The Kier molecular flexibility index (Phi) is 5.07. The van der Waals surface area contributed by atoms with Crippen molar-refractivity contribution >= 4 is 11.8 Å². The fraction of sp³-hybridized carbons (Fsp3) is 0.389. The van der Waals surface area contributed by atoms with E-state index in [1.807, 2.05) is 6.92 Å². The van der Waals surface area contributed by atoms with Gasteiger partial charge in [0.1, 0.15) is 0 Å². The van der Waals surface area contributed by atoms with Gasteiger partial charge in [0.05, 0.1) is 5.03 Å². The van der Waals surface area contributed by atoms with Crippen LogP contribution < -0.4 is 5.73 Å². The molecule has 0 bridgehead atoms. The Hall–Kier alpha value is -1.32. The van der Waals surface area contributed by atoms with Crippen molar-refractivity contribution < 1.29 is 0 Å². The normalized spacial score (nSPS) is 12.5. The molecule has 1 aromatic carbocycles. The van der Waals surface area contributed by atoms with Crippen LogP contribution in [0.15, 0.2) is 29.3 Å². The summed E-state index contributed by atoms with van der Waals surface area (Å²) in [6.07, 6.45) is 0. The molecule has 1 aromatic heterocycles. The highest BCUT2D eigenvalue weighted by Gasteiger charge is 2.13. The molecule has 1 atom stereocenters. The van der Waals surface area contributed by atoms with Crippen molar-refractivity contribution in [1.82, 2.24) is 4.98 Å². The van der Waals surface area contributed by atoms with Crippen LogP contribution in [-0.4, -0.2) is 10.7 Å². The lowest BCUT2D eigenvalue weighted by Gasteiger charge is -2.18. The maximum atomic E-state index is 6.42. The van der Waals surface area contributed by atoms with Gasteiger partial charge in [-0.05, 0) is 69.0 Å². The smallest absolute Gasteiger partial charge is 0.0966 e. The molecule has 0 aliphatic rings. The first kappa shape index (κ1) is 16.1. The van der Waals surface area contributed by atoms with Crippen molar-refractivity contribution in [3.05, 3.63) is 57.8 Å². The quantitative estimate of drug-likeness (QED) is 0.850. The molecule has 0 saturated carbocycles. The standard InChI is InChI=1S/C18H24N2S/c1-11-6-13(3)18(14(4)7-11)16(19)10-21-17-9-12(2)8-15(5)20-17/h6-9,16H,10,19H2,1-5H3. The molecule has 0 aliphatic heterocycles. The maximum absolute atomic E-state index is 6.42. The molecule has 2 aromatic rings. The fourth-order valence-corrected chi connectivity index (χ4v) is 3.91. The Morgan fingerprint density at radius 3 is 2.10 bits per heavy atom. The van der Waals surface area contributed by atoms with Crippen LogP contribution in [0.25, 0.3) is 0 Å². The highest BCUT2D eigenvalue weighted by Crippen LogP contribution is 2.27. The molecule has 112 valence electrons. The van der Waals surface area contributed by atoms with Crippen LogP contribution >= 0.6 is 11.8 Å². The molecule has 0 fully saturated rings. The summed E-state index contributed by atoms with van der Waals surface area (Å²) in [6.45, 7) is 10.6. The summed E-state index contributed by atoms with van der Waals surface area (Å²) >= 11 is 1.74. The van der Waals surface area contributed by atoms with Crippen molar-refractivity contribution in [2.45, 2.75) is 45.7 Å². The van der Waals surface area contributed by atoms with Gasteiger partial charge in [0.15, 0.2) is 0 Å². The van der Waals surface area contributed by atoms with Crippen molar-refractivity contribution in [3.8, 4) is 0 Å². The minimum Gasteiger partial charge on any atom is -0.323 e. The van der Waals surface area contributed by atoms with Gasteiger partial charge in [0.2, 0.25) is 0 Å². The first-order chi connectivity index (χ1) is 9.86. The van der Waals surface area contributed by atoms with Gasteiger partial charge in [-0.15, -0.1) is 11.8 Å². The van der Waals surface area contributed by atoms with Gasteiger partial charge >= 0.3 is 0 Å². The van der Waals surface area contributed by atoms with E-state index in [1.54, 1.807) is 11.8 Å². The molecule has 1 heterocycles. The van der Waals surface area contributed by atoms with Crippen LogP contribution in [0.4, 0.5) is 0 Å². The van der Waals surface area contributed by atoms with Crippen LogP contribution in [0.1, 0.15) is 39.6 Å². The first-order valence-electron chi connectivity index (χ1n) is 7.28. The average molecular weight is 300 g/mol. The number of aryl methyl sites for hydroxylation is 5. The molecule has 21 heavy (non-hydrogen) atoms. The van der Waals surface area contributed by atoms with Gasteiger partial charge in [0.25, 0.3) is 0 Å². The van der Waals surface area contributed by atoms with Crippen LogP contribution in [0, 0.1) is 34.6 Å². The number of hydrogen-bond donors (Lipinski definition) is 1. The van der Waals surface area contributed by atoms with E-state index in [4.69, 9.17) is 5.73 Å². The van der Waals surface area contributed by atoms with Crippen molar-refractivity contribution in [2.24, 2.45) is 5.73 Å². The summed E-state index contributed by atoms with van der Waals surface area (Å²) in [5.74, 6) is 0.848. The molecular formula is C18H24N2S. The van der Waals surface area contributed by atoms with E-state index in [1.165, 1.54) is 27.8 Å². The highest BCUT2D eigenvalue weighted by atomic mass is 32.2. The van der Waals surface area contributed by atoms with E-state index in [-0.39, 0.29) is 6.04 Å². The summed E-state index contributed by atoms with van der Waals surface area (Å²) in [4.78, 5) is 4.57. The monoisotopic (exact) mass is 300 g/mol. The minimum absolute atomic E-state index is 0.0400. The molecule has 3 heteroatoms. The highest BCUT2D eigenvalue weighted by molar-refractivity contribution is 7.99. The summed E-state index contributed by atoms with van der Waals surface area (Å²) < 4.78 is 0. The predicted molar refractivity (Wildman–Crippen MR) is 92.0 cm³/mol. The number of nitrogens with zero attached hydrogens (tertiary/aromatic N) is 1. The van der Waals surface area contributed by atoms with Crippen LogP contribution in [0.5, 0.6) is 0 Å². The number of rotatable bonds is 4. The van der Waals surface area contributed by atoms with Gasteiger partial charge in [-0.2, -0.15) is 0 Å². The van der Waals surface area contributed by atoms with Crippen molar-refractivity contribution in [1.29, 1.82) is 0 Å². The maximum Gasteiger partial charge on any atom is 0.0966 e. The number of aromatic nitrogens is 1. The fourth-order valence-electron chi connectivity index (χ4n) is 2.91. The predicted octanol–water partition coefficient (Wildman–Crippen LogP) is 4.42. The van der Waals surface area contributed by atoms with Crippen molar-refractivity contribution in [3.63, 3.8) is 0 Å². The Labute approximate surface area is 132 Å². The van der Waals surface area contributed by atoms with E-state index in [9.17, 15) is 0 Å². The van der Waals surface area contributed by atoms with Gasteiger partial charge in [-0.1, -0.05) is 17.7 Å². The van der Waals surface area contributed by atoms with Crippen LogP contribution in [-0.2, 0) is 0 Å². The number of pyridine rings is 1. The summed E-state index contributed by atoms with van der Waals surface area (Å²) in [5.41, 5.74) is 13.9. The summed E-state index contributed by atoms with van der Waals surface area (Å²) in [7, 11) is 0. The average Bonchev–Trinajstić information content (AvgIpc) is 2.34. The zero-order valence-electron chi connectivity index (χ0n) is 13.5. The van der Waals surface area contributed by atoms with E-state index in [0.29, 0.717) is 0 Å². The molecule has 2 nitrogen and oxygen atoms in total. The van der Waals surface area contributed by atoms with Gasteiger partial charge in [0, 0.05) is 17.5 Å². The first-order valence-corrected chi connectivity index (χ1v) is 8.27. The van der Waals surface area contributed by atoms with Gasteiger partial charge < -0.3 is 5.73 Å². The zero-order chi connectivity index (χ0) is 15.6. The number of nitrogens with two attached hydrogens (primary N) is 1. The van der Waals surface area contributed by atoms with E-state index in [0.717, 1.165) is 16.5 Å². The molecule has 0 radical (unpaired) electrons. The molecule has 0 saturated heterocycles. The summed E-state index contributed by atoms with van der Waals surface area (Å²) in [5, 5.41) is 1.06. The molecule has 0 aliphatic carbocycles. The van der Waals surface area contributed by atoms with Crippen molar-refractivity contribution in [2.75, 3.05) is 5.75 Å². The Morgan fingerprint density at radius 2 is 1.52 bits per heavy atom. The number of hydrogen-bond acceptors (Lipinski definition) is 3. The molecule has 2 N–H and O–H groups in total. The second-order valence-corrected chi connectivity index (χ2v) is 6.89. The minimum atomic E-state index is 0.0400. The van der Waals surface area contributed by atoms with Gasteiger partial charge in [-0.25, -0.2) is 4.98 Å². The SMILES string of the molecule is Cc1cc(C)nc(SCC(N)c2c(C)cc(C)cc2C)c1. The summed E-state index contributed by atoms with van der Waals surface area (Å²) in [6, 6.07) is 8.68. The topological polar surface area (TPSA) is 38.9 Å². The lowest BCUT2D eigenvalue weighted by Crippen LogP contribution is -2.16. The zero-order valence-corrected chi connectivity index (χ0v) is 14.3. The Balaban J connectivity index is 2.13. The third kappa shape index (κ3) is 4.08. The van der Waals surface area contributed by atoms with E-state index >= 15 is 0 Å². The molecular weight excluding hydrogens is 276 g/mol. The lowest BCUT2D eigenvalue weighted by molar-refractivity contribution is 0.811. The molecule has 1 unspecified atom stereocenters.